The Morgan fingerprint density at radius 1 is 1.05 bits per heavy atom. The Morgan fingerprint density at radius 2 is 1.55 bits per heavy atom. The predicted octanol–water partition coefficient (Wildman–Crippen LogP) is 4.67. The van der Waals surface area contributed by atoms with Crippen LogP contribution in [0.2, 0.25) is 0 Å². The molecule has 0 aliphatic rings. The number of aryl methyl sites for hydroxylation is 1. The minimum absolute atomic E-state index is 0.104. The van der Waals surface area contributed by atoms with Gasteiger partial charge in [-0.05, 0) is 35.2 Å². The lowest BCUT2D eigenvalue weighted by molar-refractivity contribution is -0.128. The standard InChI is InChI=1S/C20H22O2/c1-5-15-7-9-16(10-8-15)20(3,4)17-11-13-18(14-12-17)22-19(21)6-2/h6-14H,2,5H2,1,3-4H3. The Balaban J connectivity index is 2.24. The molecule has 0 aliphatic heterocycles. The summed E-state index contributed by atoms with van der Waals surface area (Å²) in [6, 6.07) is 16.4. The fraction of sp³-hybridized carbons (Fsp3) is 0.250. The van der Waals surface area contributed by atoms with Crippen molar-refractivity contribution in [1.82, 2.24) is 0 Å². The first-order chi connectivity index (χ1) is 10.5. The van der Waals surface area contributed by atoms with Crippen molar-refractivity contribution in [3.8, 4) is 5.75 Å². The van der Waals surface area contributed by atoms with Gasteiger partial charge in [0.25, 0.3) is 0 Å². The topological polar surface area (TPSA) is 26.3 Å². The van der Waals surface area contributed by atoms with Crippen molar-refractivity contribution in [3.63, 3.8) is 0 Å². The molecule has 0 saturated heterocycles. The van der Waals surface area contributed by atoms with Gasteiger partial charge in [0.2, 0.25) is 0 Å². The van der Waals surface area contributed by atoms with Crippen LogP contribution in [-0.2, 0) is 16.6 Å². The van der Waals surface area contributed by atoms with Crippen molar-refractivity contribution < 1.29 is 9.53 Å². The number of ether oxygens (including phenoxy) is 1. The molecular weight excluding hydrogens is 272 g/mol. The van der Waals surface area contributed by atoms with E-state index in [1.54, 1.807) is 0 Å². The molecule has 2 aromatic carbocycles. The lowest BCUT2D eigenvalue weighted by atomic mass is 9.78. The molecule has 0 amide bonds. The summed E-state index contributed by atoms with van der Waals surface area (Å²) in [5.74, 6) is 0.0907. The summed E-state index contributed by atoms with van der Waals surface area (Å²) in [5, 5.41) is 0. The van der Waals surface area contributed by atoms with Gasteiger partial charge in [-0.2, -0.15) is 0 Å². The minimum Gasteiger partial charge on any atom is -0.423 e. The highest BCUT2D eigenvalue weighted by atomic mass is 16.5. The van der Waals surface area contributed by atoms with Gasteiger partial charge in [0.05, 0.1) is 0 Å². The van der Waals surface area contributed by atoms with Gasteiger partial charge in [-0.15, -0.1) is 0 Å². The molecule has 0 fully saturated rings. The molecule has 22 heavy (non-hydrogen) atoms. The SMILES string of the molecule is C=CC(=O)Oc1ccc(C(C)(C)c2ccc(CC)cc2)cc1. The molecule has 0 heterocycles. The van der Waals surface area contributed by atoms with Crippen molar-refractivity contribution >= 4 is 5.97 Å². The summed E-state index contributed by atoms with van der Waals surface area (Å²) in [7, 11) is 0. The second-order valence-electron chi connectivity index (χ2n) is 5.83. The van der Waals surface area contributed by atoms with Crippen LogP contribution in [0.4, 0.5) is 0 Å². The number of esters is 1. The van der Waals surface area contributed by atoms with Crippen molar-refractivity contribution in [3.05, 3.63) is 77.9 Å². The van der Waals surface area contributed by atoms with E-state index in [-0.39, 0.29) is 5.41 Å². The van der Waals surface area contributed by atoms with E-state index in [9.17, 15) is 4.79 Å². The molecule has 0 unspecified atom stereocenters. The fourth-order valence-corrected chi connectivity index (χ4v) is 2.42. The van der Waals surface area contributed by atoms with Gasteiger partial charge >= 0.3 is 5.97 Å². The maximum atomic E-state index is 11.2. The monoisotopic (exact) mass is 294 g/mol. The summed E-state index contributed by atoms with van der Waals surface area (Å²) >= 11 is 0. The first-order valence-corrected chi connectivity index (χ1v) is 7.51. The quantitative estimate of drug-likeness (QED) is 0.455. The summed E-state index contributed by atoms with van der Waals surface area (Å²) in [6.07, 6.45) is 2.21. The Hall–Kier alpha value is -2.35. The van der Waals surface area contributed by atoms with Crippen molar-refractivity contribution in [2.24, 2.45) is 0 Å². The lowest BCUT2D eigenvalue weighted by Gasteiger charge is -2.26. The van der Waals surface area contributed by atoms with E-state index < -0.39 is 5.97 Å². The van der Waals surface area contributed by atoms with E-state index in [2.05, 4.69) is 51.6 Å². The highest BCUT2D eigenvalue weighted by Gasteiger charge is 2.23. The number of benzene rings is 2. The predicted molar refractivity (Wildman–Crippen MR) is 90.2 cm³/mol. The maximum Gasteiger partial charge on any atom is 0.335 e. The van der Waals surface area contributed by atoms with E-state index in [0.29, 0.717) is 5.75 Å². The maximum absolute atomic E-state index is 11.2. The normalized spacial score (nSPS) is 11.0. The molecule has 0 spiro atoms. The number of rotatable bonds is 5. The van der Waals surface area contributed by atoms with Crippen LogP contribution in [0.15, 0.2) is 61.2 Å². The van der Waals surface area contributed by atoms with E-state index in [1.165, 1.54) is 16.7 Å². The van der Waals surface area contributed by atoms with Crippen LogP contribution < -0.4 is 4.74 Å². The zero-order valence-electron chi connectivity index (χ0n) is 13.4. The smallest absolute Gasteiger partial charge is 0.335 e. The molecule has 2 aromatic rings. The Bertz CT molecular complexity index is 649. The largest absolute Gasteiger partial charge is 0.423 e. The van der Waals surface area contributed by atoms with Gasteiger partial charge in [0, 0.05) is 11.5 Å². The molecule has 2 rings (SSSR count). The van der Waals surface area contributed by atoms with Gasteiger partial charge in [-0.1, -0.05) is 63.7 Å². The van der Waals surface area contributed by atoms with Crippen LogP contribution in [-0.4, -0.2) is 5.97 Å². The van der Waals surface area contributed by atoms with Gasteiger partial charge in [-0.25, -0.2) is 4.79 Å². The third-order valence-electron chi connectivity index (χ3n) is 4.04. The number of carbonyl (C=O) groups is 1. The van der Waals surface area contributed by atoms with Crippen molar-refractivity contribution in [2.75, 3.05) is 0 Å². The fourth-order valence-electron chi connectivity index (χ4n) is 2.42. The second-order valence-corrected chi connectivity index (χ2v) is 5.83. The van der Waals surface area contributed by atoms with Crippen LogP contribution in [0, 0.1) is 0 Å². The highest BCUT2D eigenvalue weighted by Crippen LogP contribution is 2.32. The Labute approximate surface area is 132 Å². The van der Waals surface area contributed by atoms with E-state index in [4.69, 9.17) is 4.74 Å². The summed E-state index contributed by atoms with van der Waals surface area (Å²) in [4.78, 5) is 11.2. The minimum atomic E-state index is -0.442. The first kappa shape index (κ1) is 16.0. The molecule has 0 aromatic heterocycles. The Kier molecular flexibility index (Phi) is 4.81. The van der Waals surface area contributed by atoms with Gasteiger partial charge < -0.3 is 4.74 Å². The summed E-state index contributed by atoms with van der Waals surface area (Å²) in [5.41, 5.74) is 3.68. The number of carbonyl (C=O) groups excluding carboxylic acids is 1. The zero-order valence-corrected chi connectivity index (χ0v) is 13.4. The van der Waals surface area contributed by atoms with Crippen LogP contribution >= 0.6 is 0 Å². The van der Waals surface area contributed by atoms with Crippen molar-refractivity contribution in [1.29, 1.82) is 0 Å². The molecule has 0 atom stereocenters. The van der Waals surface area contributed by atoms with Gasteiger partial charge in [0.1, 0.15) is 5.75 Å². The highest BCUT2D eigenvalue weighted by molar-refractivity contribution is 5.83. The molecular formula is C20H22O2. The molecule has 0 saturated carbocycles. The van der Waals surface area contributed by atoms with Crippen LogP contribution in [0.5, 0.6) is 5.75 Å². The molecule has 0 aliphatic carbocycles. The molecule has 0 bridgehead atoms. The third-order valence-corrected chi connectivity index (χ3v) is 4.04. The van der Waals surface area contributed by atoms with Crippen LogP contribution in [0.1, 0.15) is 37.5 Å². The average molecular weight is 294 g/mol. The van der Waals surface area contributed by atoms with Crippen LogP contribution in [0.3, 0.4) is 0 Å². The molecule has 0 radical (unpaired) electrons. The third kappa shape index (κ3) is 3.45. The zero-order chi connectivity index (χ0) is 16.2. The van der Waals surface area contributed by atoms with E-state index in [0.717, 1.165) is 12.5 Å². The van der Waals surface area contributed by atoms with Crippen molar-refractivity contribution in [2.45, 2.75) is 32.6 Å². The Morgan fingerprint density at radius 3 is 2.00 bits per heavy atom. The molecule has 0 N–H and O–H groups in total. The molecule has 2 nitrogen and oxygen atoms in total. The van der Waals surface area contributed by atoms with Crippen LogP contribution in [0.25, 0.3) is 0 Å². The lowest BCUT2D eigenvalue weighted by Crippen LogP contribution is -2.18. The first-order valence-electron chi connectivity index (χ1n) is 7.51. The van der Waals surface area contributed by atoms with E-state index in [1.807, 2.05) is 24.3 Å². The molecule has 114 valence electrons. The molecule has 2 heteroatoms. The summed E-state index contributed by atoms with van der Waals surface area (Å²) < 4.78 is 5.11. The number of hydrogen-bond donors (Lipinski definition) is 0. The number of hydrogen-bond acceptors (Lipinski definition) is 2. The summed E-state index contributed by atoms with van der Waals surface area (Å²) in [6.45, 7) is 9.94. The van der Waals surface area contributed by atoms with Gasteiger partial charge in [0.15, 0.2) is 0 Å². The van der Waals surface area contributed by atoms with E-state index >= 15 is 0 Å². The average Bonchev–Trinajstić information content (AvgIpc) is 2.55. The van der Waals surface area contributed by atoms with Gasteiger partial charge in [-0.3, -0.25) is 0 Å². The second kappa shape index (κ2) is 6.61.